The summed E-state index contributed by atoms with van der Waals surface area (Å²) in [5, 5.41) is 2.28. The highest BCUT2D eigenvalue weighted by Gasteiger charge is 2.48. The van der Waals surface area contributed by atoms with Crippen LogP contribution >= 0.6 is 0 Å². The van der Waals surface area contributed by atoms with Crippen LogP contribution in [0.25, 0.3) is 21.9 Å². The van der Waals surface area contributed by atoms with Gasteiger partial charge < -0.3 is 19.1 Å². The third-order valence-electron chi connectivity index (χ3n) is 20.7. The first-order valence-electron chi connectivity index (χ1n) is 31.9. The van der Waals surface area contributed by atoms with Crippen molar-refractivity contribution >= 4 is 96.2 Å². The zero-order chi connectivity index (χ0) is 60.7. The van der Waals surface area contributed by atoms with Crippen LogP contribution in [0.1, 0.15) is 209 Å². The SMILES string of the molecule is CC(C)(C)c1ccc(N(c2cccc(C(C)(C)C)c2)c2ccc3c(c2)N(c2cc(C(C)(C)C)c4oc5ccccc5c4c2)c2cc(C(C)(C)C)cc4c2B3c2cc3c(cc2N4c2ccc4c(c2)C(C)(C)CCC4(C)C)C(C)(C)CCC3(C)C)cc1. The third kappa shape index (κ3) is 9.29. The minimum absolute atomic E-state index is 0.00177. The molecule has 8 aromatic carbocycles. The first kappa shape index (κ1) is 57.1. The van der Waals surface area contributed by atoms with Crippen molar-refractivity contribution in [3.63, 3.8) is 0 Å². The van der Waals surface area contributed by atoms with Crippen molar-refractivity contribution in [2.45, 2.75) is 207 Å². The Morgan fingerprint density at radius 2 is 0.929 bits per heavy atom. The van der Waals surface area contributed by atoms with Gasteiger partial charge in [-0.2, -0.15) is 0 Å². The molecule has 436 valence electrons. The molecule has 0 saturated carbocycles. The van der Waals surface area contributed by atoms with Crippen LogP contribution in [-0.4, -0.2) is 6.71 Å². The Labute approximate surface area is 510 Å². The van der Waals surface area contributed by atoms with Crippen molar-refractivity contribution in [1.29, 1.82) is 0 Å². The minimum Gasteiger partial charge on any atom is -0.456 e. The lowest BCUT2D eigenvalue weighted by atomic mass is 9.33. The van der Waals surface area contributed by atoms with Gasteiger partial charge in [-0.15, -0.1) is 0 Å². The van der Waals surface area contributed by atoms with Crippen molar-refractivity contribution < 1.29 is 4.42 Å². The van der Waals surface area contributed by atoms with Gasteiger partial charge in [-0.3, -0.25) is 0 Å². The number of para-hydroxylation sites is 1. The molecule has 3 heterocycles. The highest BCUT2D eigenvalue weighted by Crippen LogP contribution is 2.55. The monoisotopic (exact) mass is 1120 g/mol. The van der Waals surface area contributed by atoms with Crippen molar-refractivity contribution in [2.75, 3.05) is 14.7 Å². The van der Waals surface area contributed by atoms with Crippen molar-refractivity contribution in [1.82, 2.24) is 0 Å². The molecule has 0 spiro atoms. The third-order valence-corrected chi connectivity index (χ3v) is 20.7. The molecule has 85 heavy (non-hydrogen) atoms. The van der Waals surface area contributed by atoms with E-state index in [0.29, 0.717) is 0 Å². The molecule has 4 aliphatic rings. The van der Waals surface area contributed by atoms with Crippen LogP contribution in [0.2, 0.25) is 0 Å². The van der Waals surface area contributed by atoms with Crippen molar-refractivity contribution in [3.05, 3.63) is 190 Å². The second-order valence-electron chi connectivity index (χ2n) is 32.9. The van der Waals surface area contributed by atoms with E-state index in [1.807, 2.05) is 0 Å². The van der Waals surface area contributed by atoms with E-state index in [1.54, 1.807) is 0 Å². The van der Waals surface area contributed by atoms with Gasteiger partial charge in [-0.25, -0.2) is 0 Å². The summed E-state index contributed by atoms with van der Waals surface area (Å²) in [5.74, 6) is 0. The molecule has 9 aromatic rings. The Balaban J connectivity index is 1.17. The Hall–Kier alpha value is -6.98. The fourth-order valence-electron chi connectivity index (χ4n) is 15.1. The lowest BCUT2D eigenvalue weighted by Gasteiger charge is -2.48. The fourth-order valence-corrected chi connectivity index (χ4v) is 15.1. The highest BCUT2D eigenvalue weighted by atomic mass is 16.3. The smallest absolute Gasteiger partial charge is 0.252 e. The molecular weight excluding hydrogens is 1030 g/mol. The molecule has 13 rings (SSSR count). The largest absolute Gasteiger partial charge is 0.456 e. The van der Waals surface area contributed by atoms with E-state index < -0.39 is 0 Å². The molecule has 2 aliphatic carbocycles. The second-order valence-corrected chi connectivity index (χ2v) is 32.9. The van der Waals surface area contributed by atoms with E-state index in [9.17, 15) is 0 Å². The molecule has 1 aromatic heterocycles. The topological polar surface area (TPSA) is 22.9 Å². The van der Waals surface area contributed by atoms with Crippen molar-refractivity contribution in [2.24, 2.45) is 0 Å². The van der Waals surface area contributed by atoms with Crippen LogP contribution in [0.15, 0.2) is 150 Å². The van der Waals surface area contributed by atoms with Gasteiger partial charge in [0.2, 0.25) is 0 Å². The molecule has 0 saturated heterocycles. The molecule has 0 N–H and O–H groups in total. The maximum Gasteiger partial charge on any atom is 0.252 e. The number of nitrogens with zero attached hydrogens (tertiary/aromatic N) is 3. The number of rotatable bonds is 5. The zero-order valence-corrected chi connectivity index (χ0v) is 55.0. The van der Waals surface area contributed by atoms with Crippen LogP contribution in [-0.2, 0) is 43.3 Å². The van der Waals surface area contributed by atoms with Gasteiger partial charge in [0.25, 0.3) is 6.71 Å². The summed E-state index contributed by atoms with van der Waals surface area (Å²) >= 11 is 0. The summed E-state index contributed by atoms with van der Waals surface area (Å²) in [7, 11) is 0. The number of fused-ring (bicyclic) bond motifs is 9. The van der Waals surface area contributed by atoms with Gasteiger partial charge in [-0.05, 0) is 209 Å². The van der Waals surface area contributed by atoms with Crippen LogP contribution in [0, 0.1) is 0 Å². The Bertz CT molecular complexity index is 4190. The highest BCUT2D eigenvalue weighted by molar-refractivity contribution is 7.00. The molecule has 4 nitrogen and oxygen atoms in total. The molecule has 0 unspecified atom stereocenters. The molecule has 5 heteroatoms. The Morgan fingerprint density at radius 1 is 0.388 bits per heavy atom. The number of hydrogen-bond acceptors (Lipinski definition) is 4. The van der Waals surface area contributed by atoms with E-state index in [4.69, 9.17) is 4.42 Å². The lowest BCUT2D eigenvalue weighted by Crippen LogP contribution is -2.62. The summed E-state index contributed by atoms with van der Waals surface area (Å²) in [6, 6.07) is 57.8. The van der Waals surface area contributed by atoms with E-state index in [-0.39, 0.29) is 50.0 Å². The van der Waals surface area contributed by atoms with Gasteiger partial charge in [0.1, 0.15) is 11.2 Å². The number of benzene rings is 8. The molecule has 0 fully saturated rings. The average molecular weight is 1120 g/mol. The average Bonchev–Trinajstić information content (AvgIpc) is 0.907. The van der Waals surface area contributed by atoms with Gasteiger partial charge in [0.05, 0.1) is 0 Å². The standard InChI is InChI=1S/C80H92BN3O/c1-73(2,3)49-28-30-52(31-29-49)82(53-25-23-24-50(40-53)74(4,5)6)55-33-35-64-66(46-55)84(56-43-58-57-26-21-22-27-70(57)85-72(58)63(45-56)76(10,11)12)69-42-51(75(7,8)9)41-68-71(69)81(64)65-47-61-62(80(19,20)39-38-79(61,17)18)48-67(65)83(68)54-32-34-59-60(44-54)78(15,16)37-36-77(59,13)14/h21-35,40-48H,36-39H2,1-20H3. The van der Waals surface area contributed by atoms with E-state index in [0.717, 1.165) is 64.0 Å². The van der Waals surface area contributed by atoms with Crippen LogP contribution in [0.3, 0.4) is 0 Å². The van der Waals surface area contributed by atoms with Crippen LogP contribution < -0.4 is 31.1 Å². The molecule has 2 aliphatic heterocycles. The summed E-state index contributed by atoms with van der Waals surface area (Å²) in [6.07, 6.45) is 4.62. The molecular formula is C80H92BN3O. The van der Waals surface area contributed by atoms with Crippen molar-refractivity contribution in [3.8, 4) is 0 Å². The summed E-state index contributed by atoms with van der Waals surface area (Å²) in [5.41, 5.74) is 27.4. The molecule has 0 amide bonds. The summed E-state index contributed by atoms with van der Waals surface area (Å²) in [6.45, 7) is 47.9. The number of furan rings is 1. The first-order valence-corrected chi connectivity index (χ1v) is 31.9. The summed E-state index contributed by atoms with van der Waals surface area (Å²) < 4.78 is 6.94. The first-order chi connectivity index (χ1) is 39.6. The van der Waals surface area contributed by atoms with E-state index in [2.05, 4.69) is 299 Å². The minimum atomic E-state index is -0.240. The van der Waals surface area contributed by atoms with E-state index in [1.165, 1.54) is 95.8 Å². The molecule has 0 bridgehead atoms. The molecule has 0 atom stereocenters. The fraction of sp³-hybridized carbons (Fsp3) is 0.400. The predicted molar refractivity (Wildman–Crippen MR) is 368 cm³/mol. The maximum atomic E-state index is 6.94. The Kier molecular flexibility index (Phi) is 12.6. The normalized spacial score (nSPS) is 17.5. The maximum absolute atomic E-state index is 6.94. The lowest BCUT2D eigenvalue weighted by molar-refractivity contribution is 0.332. The number of hydrogen-bond donors (Lipinski definition) is 0. The van der Waals surface area contributed by atoms with Gasteiger partial charge in [0, 0.05) is 67.5 Å². The predicted octanol–water partition coefficient (Wildman–Crippen LogP) is 21.0. The summed E-state index contributed by atoms with van der Waals surface area (Å²) in [4.78, 5) is 7.92. The molecule has 0 radical (unpaired) electrons. The quantitative estimate of drug-likeness (QED) is 0.160. The van der Waals surface area contributed by atoms with E-state index >= 15 is 0 Å². The van der Waals surface area contributed by atoms with Crippen LogP contribution in [0.4, 0.5) is 51.2 Å². The van der Waals surface area contributed by atoms with Gasteiger partial charge in [0.15, 0.2) is 0 Å². The van der Waals surface area contributed by atoms with Crippen LogP contribution in [0.5, 0.6) is 0 Å². The zero-order valence-electron chi connectivity index (χ0n) is 55.0. The number of anilines is 9. The van der Waals surface area contributed by atoms with Gasteiger partial charge >= 0.3 is 0 Å². The van der Waals surface area contributed by atoms with Gasteiger partial charge in [-0.1, -0.05) is 199 Å². The second kappa shape index (κ2) is 18.8. The Morgan fingerprint density at radius 3 is 1.54 bits per heavy atom.